The number of aliphatic hydroxyl groups excluding tert-OH is 1. The molecule has 1 unspecified atom stereocenters. The first-order valence-electron chi connectivity index (χ1n) is 3.63. The normalized spacial score (nSPS) is 11.5. The molecule has 1 atom stereocenters. The van der Waals surface area contributed by atoms with E-state index in [0.717, 1.165) is 5.56 Å². The Morgan fingerprint density at radius 2 is 2.00 bits per heavy atom. The summed E-state index contributed by atoms with van der Waals surface area (Å²) in [4.78, 5) is 0. The van der Waals surface area contributed by atoms with E-state index in [0.29, 0.717) is 0 Å². The third kappa shape index (κ3) is 2.73. The topological polar surface area (TPSA) is 20.2 Å². The van der Waals surface area contributed by atoms with Gasteiger partial charge >= 0.3 is 0 Å². The van der Waals surface area contributed by atoms with Crippen LogP contribution in [0.5, 0.6) is 0 Å². The van der Waals surface area contributed by atoms with Crippen LogP contribution < -0.4 is 0 Å². The minimum Gasteiger partial charge on any atom is -0.378 e. The molecule has 0 aromatic heterocycles. The molecule has 12 heavy (non-hydrogen) atoms. The molecular formula is C10H9FO. The van der Waals surface area contributed by atoms with Gasteiger partial charge in [-0.1, -0.05) is 30.0 Å². The molecule has 0 spiro atoms. The second-order valence-electron chi connectivity index (χ2n) is 2.31. The second-order valence-corrected chi connectivity index (χ2v) is 2.31. The fourth-order valence-corrected chi connectivity index (χ4v) is 0.727. The van der Waals surface area contributed by atoms with E-state index in [4.69, 9.17) is 5.11 Å². The highest BCUT2D eigenvalue weighted by atomic mass is 19.1. The van der Waals surface area contributed by atoms with Gasteiger partial charge in [0.2, 0.25) is 0 Å². The maximum Gasteiger partial charge on any atom is 0.143 e. The van der Waals surface area contributed by atoms with E-state index in [2.05, 4.69) is 11.8 Å². The number of alkyl halides is 1. The van der Waals surface area contributed by atoms with Crippen LogP contribution in [-0.4, -0.2) is 17.9 Å². The molecular weight excluding hydrogens is 155 g/mol. The van der Waals surface area contributed by atoms with Crippen molar-refractivity contribution in [3.05, 3.63) is 35.9 Å². The number of hydrogen-bond acceptors (Lipinski definition) is 1. The van der Waals surface area contributed by atoms with Crippen molar-refractivity contribution in [3.8, 4) is 11.8 Å². The summed E-state index contributed by atoms with van der Waals surface area (Å²) in [7, 11) is 0. The van der Waals surface area contributed by atoms with Crippen LogP contribution in [0.3, 0.4) is 0 Å². The lowest BCUT2D eigenvalue weighted by Gasteiger charge is -1.91. The molecule has 0 saturated heterocycles. The number of rotatable bonds is 1. The van der Waals surface area contributed by atoms with Gasteiger partial charge in [-0.05, 0) is 12.1 Å². The van der Waals surface area contributed by atoms with Crippen molar-refractivity contribution in [2.75, 3.05) is 6.67 Å². The summed E-state index contributed by atoms with van der Waals surface area (Å²) >= 11 is 0. The number of aliphatic hydroxyl groups is 1. The van der Waals surface area contributed by atoms with Gasteiger partial charge in [0.1, 0.15) is 12.8 Å². The molecule has 0 amide bonds. The van der Waals surface area contributed by atoms with Crippen molar-refractivity contribution in [1.82, 2.24) is 0 Å². The van der Waals surface area contributed by atoms with Crippen molar-refractivity contribution >= 4 is 0 Å². The molecule has 0 radical (unpaired) electrons. The predicted octanol–water partition coefficient (Wildman–Crippen LogP) is 1.37. The maximum atomic E-state index is 11.7. The largest absolute Gasteiger partial charge is 0.378 e. The quantitative estimate of drug-likeness (QED) is 0.621. The molecule has 0 aliphatic heterocycles. The van der Waals surface area contributed by atoms with E-state index in [1.165, 1.54) is 0 Å². The van der Waals surface area contributed by atoms with Gasteiger partial charge in [-0.25, -0.2) is 4.39 Å². The molecule has 0 saturated carbocycles. The summed E-state index contributed by atoms with van der Waals surface area (Å²) in [5.74, 6) is 5.03. The van der Waals surface area contributed by atoms with Crippen LogP contribution in [0.2, 0.25) is 0 Å². The highest BCUT2D eigenvalue weighted by Gasteiger charge is 1.93. The van der Waals surface area contributed by atoms with E-state index in [9.17, 15) is 4.39 Å². The molecule has 0 aliphatic carbocycles. The smallest absolute Gasteiger partial charge is 0.143 e. The molecule has 0 bridgehead atoms. The average Bonchev–Trinajstić information content (AvgIpc) is 2.16. The molecule has 0 heterocycles. The highest BCUT2D eigenvalue weighted by molar-refractivity contribution is 5.34. The predicted molar refractivity (Wildman–Crippen MR) is 45.3 cm³/mol. The van der Waals surface area contributed by atoms with Gasteiger partial charge in [-0.15, -0.1) is 0 Å². The van der Waals surface area contributed by atoms with Gasteiger partial charge in [0.15, 0.2) is 0 Å². The summed E-state index contributed by atoms with van der Waals surface area (Å²) in [6, 6.07) is 9.16. The lowest BCUT2D eigenvalue weighted by Crippen LogP contribution is -2.04. The third-order valence-electron chi connectivity index (χ3n) is 1.30. The van der Waals surface area contributed by atoms with Crippen molar-refractivity contribution in [1.29, 1.82) is 0 Å². The zero-order valence-electron chi connectivity index (χ0n) is 6.50. The number of benzene rings is 1. The monoisotopic (exact) mass is 164 g/mol. The lowest BCUT2D eigenvalue weighted by atomic mass is 10.2. The first kappa shape index (κ1) is 8.76. The fraction of sp³-hybridized carbons (Fsp3) is 0.200. The summed E-state index contributed by atoms with van der Waals surface area (Å²) < 4.78 is 11.7. The Hall–Kier alpha value is -1.33. The second kappa shape index (κ2) is 4.53. The molecule has 1 aromatic carbocycles. The fourth-order valence-electron chi connectivity index (χ4n) is 0.727. The molecule has 1 nitrogen and oxygen atoms in total. The first-order valence-corrected chi connectivity index (χ1v) is 3.63. The minimum absolute atomic E-state index is 0.782. The van der Waals surface area contributed by atoms with E-state index in [-0.39, 0.29) is 0 Å². The van der Waals surface area contributed by atoms with Crippen LogP contribution in [0.15, 0.2) is 30.3 Å². The van der Waals surface area contributed by atoms with Crippen molar-refractivity contribution in [2.24, 2.45) is 0 Å². The number of hydrogen-bond donors (Lipinski definition) is 1. The zero-order valence-corrected chi connectivity index (χ0v) is 6.50. The summed E-state index contributed by atoms with van der Waals surface area (Å²) in [6.45, 7) is -0.820. The van der Waals surface area contributed by atoms with Crippen LogP contribution in [0.25, 0.3) is 0 Å². The summed E-state index contributed by atoms with van der Waals surface area (Å²) in [5.41, 5.74) is 0.782. The number of halogens is 1. The van der Waals surface area contributed by atoms with Gasteiger partial charge in [-0.2, -0.15) is 0 Å². The Kier molecular flexibility index (Phi) is 3.31. The molecule has 1 N–H and O–H groups in total. The van der Waals surface area contributed by atoms with Gasteiger partial charge in [0.25, 0.3) is 0 Å². The summed E-state index contributed by atoms with van der Waals surface area (Å²) in [6.07, 6.45) is -1.16. The van der Waals surface area contributed by atoms with Crippen LogP contribution in [0, 0.1) is 11.8 Å². The van der Waals surface area contributed by atoms with E-state index >= 15 is 0 Å². The van der Waals surface area contributed by atoms with Crippen molar-refractivity contribution < 1.29 is 9.50 Å². The Balaban J connectivity index is 2.67. The molecule has 62 valence electrons. The van der Waals surface area contributed by atoms with Crippen LogP contribution >= 0.6 is 0 Å². The lowest BCUT2D eigenvalue weighted by molar-refractivity contribution is 0.192. The highest BCUT2D eigenvalue weighted by Crippen LogP contribution is 1.95. The Labute approximate surface area is 70.9 Å². The molecule has 0 fully saturated rings. The van der Waals surface area contributed by atoms with Crippen LogP contribution in [-0.2, 0) is 0 Å². The average molecular weight is 164 g/mol. The van der Waals surface area contributed by atoms with Crippen LogP contribution in [0.4, 0.5) is 4.39 Å². The van der Waals surface area contributed by atoms with E-state index in [1.807, 2.05) is 18.2 Å². The first-order chi connectivity index (χ1) is 5.83. The maximum absolute atomic E-state index is 11.7. The van der Waals surface area contributed by atoms with Crippen molar-refractivity contribution in [2.45, 2.75) is 6.10 Å². The van der Waals surface area contributed by atoms with Crippen LogP contribution in [0.1, 0.15) is 5.56 Å². The third-order valence-corrected chi connectivity index (χ3v) is 1.30. The van der Waals surface area contributed by atoms with E-state index in [1.54, 1.807) is 12.1 Å². The van der Waals surface area contributed by atoms with Gasteiger partial charge in [-0.3, -0.25) is 0 Å². The Morgan fingerprint density at radius 1 is 1.33 bits per heavy atom. The summed E-state index contributed by atoms with van der Waals surface area (Å²) in [5, 5.41) is 8.77. The SMILES string of the molecule is OC(C#Cc1ccccc1)CF. The molecule has 2 heteroatoms. The molecule has 1 rings (SSSR count). The minimum atomic E-state index is -1.16. The Bertz CT molecular complexity index is 284. The van der Waals surface area contributed by atoms with E-state index < -0.39 is 12.8 Å². The van der Waals surface area contributed by atoms with Gasteiger partial charge < -0.3 is 5.11 Å². The molecule has 1 aromatic rings. The Morgan fingerprint density at radius 3 is 2.58 bits per heavy atom. The van der Waals surface area contributed by atoms with Gasteiger partial charge in [0, 0.05) is 5.56 Å². The zero-order chi connectivity index (χ0) is 8.81. The van der Waals surface area contributed by atoms with Gasteiger partial charge in [0.05, 0.1) is 0 Å². The standard InChI is InChI=1S/C10H9FO/c11-8-10(12)7-6-9-4-2-1-3-5-9/h1-5,10,12H,8H2. The molecule has 0 aliphatic rings. The van der Waals surface area contributed by atoms with Crippen molar-refractivity contribution in [3.63, 3.8) is 0 Å².